The number of nitrogens with one attached hydrogen (secondary N) is 1. The zero-order valence-corrected chi connectivity index (χ0v) is 15.4. The van der Waals surface area contributed by atoms with Crippen LogP contribution in [-0.4, -0.2) is 17.8 Å². The Hall–Kier alpha value is -3.99. The summed E-state index contributed by atoms with van der Waals surface area (Å²) in [5, 5.41) is 2.26. The molecule has 3 aromatic carbocycles. The van der Waals surface area contributed by atoms with E-state index in [1.807, 2.05) is 30.3 Å². The number of benzene rings is 3. The first-order valence-corrected chi connectivity index (χ1v) is 9.29. The first-order chi connectivity index (χ1) is 14.1. The van der Waals surface area contributed by atoms with Crippen LogP contribution < -0.4 is 10.2 Å². The van der Waals surface area contributed by atoms with Crippen molar-refractivity contribution >= 4 is 29.6 Å². The Balaban J connectivity index is 1.55. The van der Waals surface area contributed by atoms with E-state index in [9.17, 15) is 14.4 Å². The number of fused-ring (bicyclic) bond motifs is 3. The van der Waals surface area contributed by atoms with E-state index >= 15 is 0 Å². The third-order valence-electron chi connectivity index (χ3n) is 5.25. The van der Waals surface area contributed by atoms with Crippen LogP contribution in [0, 0.1) is 0 Å². The minimum Gasteiger partial charge on any atom is -0.273 e. The number of urea groups is 1. The van der Waals surface area contributed by atoms with Gasteiger partial charge in [-0.25, -0.2) is 9.69 Å². The molecule has 2 aliphatic rings. The van der Waals surface area contributed by atoms with Crippen LogP contribution in [0.1, 0.15) is 16.7 Å². The van der Waals surface area contributed by atoms with Crippen molar-refractivity contribution in [2.75, 3.05) is 4.90 Å². The van der Waals surface area contributed by atoms with Crippen molar-refractivity contribution in [3.05, 3.63) is 95.1 Å². The van der Waals surface area contributed by atoms with E-state index in [0.29, 0.717) is 5.69 Å². The highest BCUT2D eigenvalue weighted by Crippen LogP contribution is 2.37. The number of anilines is 1. The maximum Gasteiger partial charge on any atom is 0.335 e. The summed E-state index contributed by atoms with van der Waals surface area (Å²) in [6.45, 7) is 0. The second kappa shape index (κ2) is 6.56. The van der Waals surface area contributed by atoms with Crippen molar-refractivity contribution < 1.29 is 14.4 Å². The van der Waals surface area contributed by atoms with Gasteiger partial charge in [-0.3, -0.25) is 14.9 Å². The van der Waals surface area contributed by atoms with Gasteiger partial charge in [0.25, 0.3) is 11.8 Å². The lowest BCUT2D eigenvalue weighted by Crippen LogP contribution is -2.54. The molecule has 0 radical (unpaired) electrons. The summed E-state index contributed by atoms with van der Waals surface area (Å²) >= 11 is 0. The lowest BCUT2D eigenvalue weighted by Gasteiger charge is -2.26. The second-order valence-corrected chi connectivity index (χ2v) is 7.04. The smallest absolute Gasteiger partial charge is 0.273 e. The summed E-state index contributed by atoms with van der Waals surface area (Å²) in [7, 11) is 0. The molecule has 1 aliphatic carbocycles. The molecular formula is C24H16N2O3. The maximum atomic E-state index is 13.0. The predicted octanol–water partition coefficient (Wildman–Crippen LogP) is 3.92. The largest absolute Gasteiger partial charge is 0.335 e. The Labute approximate surface area is 167 Å². The number of rotatable bonds is 2. The fourth-order valence-electron chi connectivity index (χ4n) is 3.87. The summed E-state index contributed by atoms with van der Waals surface area (Å²) < 4.78 is 0. The summed E-state index contributed by atoms with van der Waals surface area (Å²) in [5.74, 6) is -1.32. The minimum atomic E-state index is -0.744. The zero-order chi connectivity index (χ0) is 20.0. The Morgan fingerprint density at radius 1 is 0.793 bits per heavy atom. The van der Waals surface area contributed by atoms with Crippen LogP contribution in [0.25, 0.3) is 17.2 Å². The predicted molar refractivity (Wildman–Crippen MR) is 110 cm³/mol. The van der Waals surface area contributed by atoms with E-state index in [-0.39, 0.29) is 5.57 Å². The van der Waals surface area contributed by atoms with Crippen molar-refractivity contribution in [3.8, 4) is 11.1 Å². The van der Waals surface area contributed by atoms with E-state index in [4.69, 9.17) is 0 Å². The molecule has 1 aliphatic heterocycles. The van der Waals surface area contributed by atoms with Crippen molar-refractivity contribution in [3.63, 3.8) is 0 Å². The van der Waals surface area contributed by atoms with E-state index < -0.39 is 17.8 Å². The maximum absolute atomic E-state index is 13.0. The van der Waals surface area contributed by atoms with Crippen LogP contribution in [0.4, 0.5) is 10.5 Å². The van der Waals surface area contributed by atoms with Gasteiger partial charge in [-0.15, -0.1) is 0 Å². The summed E-state index contributed by atoms with van der Waals surface area (Å²) in [6, 6.07) is 21.9. The van der Waals surface area contributed by atoms with E-state index in [1.54, 1.807) is 36.4 Å². The Bertz CT molecular complexity index is 1210. The van der Waals surface area contributed by atoms with E-state index in [1.165, 1.54) is 16.7 Å². The molecular weight excluding hydrogens is 364 g/mol. The monoisotopic (exact) mass is 380 g/mol. The molecule has 4 amide bonds. The number of imide groups is 2. The number of barbiturate groups is 1. The fraction of sp³-hybridized carbons (Fsp3) is 0.0417. The molecule has 0 spiro atoms. The van der Waals surface area contributed by atoms with E-state index in [2.05, 4.69) is 17.4 Å². The molecule has 1 N–H and O–H groups in total. The number of nitrogens with zero attached hydrogens (tertiary/aromatic N) is 1. The molecule has 29 heavy (non-hydrogen) atoms. The van der Waals surface area contributed by atoms with Gasteiger partial charge in [0, 0.05) is 0 Å². The normalized spacial score (nSPS) is 16.6. The Morgan fingerprint density at radius 2 is 1.52 bits per heavy atom. The van der Waals surface area contributed by atoms with Crippen molar-refractivity contribution in [1.29, 1.82) is 0 Å². The van der Waals surface area contributed by atoms with Crippen LogP contribution in [0.3, 0.4) is 0 Å². The number of amides is 4. The topological polar surface area (TPSA) is 66.5 Å². The first-order valence-electron chi connectivity index (χ1n) is 9.29. The molecule has 0 unspecified atom stereocenters. The molecule has 0 atom stereocenters. The lowest BCUT2D eigenvalue weighted by molar-refractivity contribution is -0.122. The average molecular weight is 380 g/mol. The van der Waals surface area contributed by atoms with Gasteiger partial charge in [0.15, 0.2) is 0 Å². The molecule has 5 rings (SSSR count). The number of carbonyl (C=O) groups is 3. The van der Waals surface area contributed by atoms with Crippen LogP contribution in [0.15, 0.2) is 78.4 Å². The highest BCUT2D eigenvalue weighted by molar-refractivity contribution is 6.39. The third kappa shape index (κ3) is 2.84. The van der Waals surface area contributed by atoms with E-state index in [0.717, 1.165) is 22.4 Å². The molecule has 1 fully saturated rings. The van der Waals surface area contributed by atoms with Gasteiger partial charge >= 0.3 is 6.03 Å². The molecule has 1 heterocycles. The Kier molecular flexibility index (Phi) is 3.88. The molecule has 140 valence electrons. The molecule has 5 nitrogen and oxygen atoms in total. The summed E-state index contributed by atoms with van der Waals surface area (Å²) in [5.41, 5.74) is 5.84. The number of para-hydroxylation sites is 1. The molecule has 0 bridgehead atoms. The number of hydrogen-bond acceptors (Lipinski definition) is 3. The zero-order valence-electron chi connectivity index (χ0n) is 15.4. The highest BCUT2D eigenvalue weighted by atomic mass is 16.2. The lowest BCUT2D eigenvalue weighted by atomic mass is 10.0. The number of hydrogen-bond donors (Lipinski definition) is 1. The van der Waals surface area contributed by atoms with Gasteiger partial charge in [-0.05, 0) is 58.5 Å². The van der Waals surface area contributed by atoms with Crippen LogP contribution >= 0.6 is 0 Å². The Morgan fingerprint density at radius 3 is 2.34 bits per heavy atom. The van der Waals surface area contributed by atoms with Crippen molar-refractivity contribution in [2.45, 2.75) is 6.42 Å². The first kappa shape index (κ1) is 17.1. The van der Waals surface area contributed by atoms with Gasteiger partial charge in [0.1, 0.15) is 5.57 Å². The van der Waals surface area contributed by atoms with Gasteiger partial charge in [-0.1, -0.05) is 54.6 Å². The van der Waals surface area contributed by atoms with Gasteiger partial charge in [0.2, 0.25) is 0 Å². The average Bonchev–Trinajstić information content (AvgIpc) is 3.10. The van der Waals surface area contributed by atoms with Crippen LogP contribution in [-0.2, 0) is 16.0 Å². The van der Waals surface area contributed by atoms with Crippen molar-refractivity contribution in [2.24, 2.45) is 0 Å². The minimum absolute atomic E-state index is 0.0697. The summed E-state index contributed by atoms with van der Waals surface area (Å²) in [6.07, 6.45) is 2.42. The molecule has 3 aromatic rings. The van der Waals surface area contributed by atoms with Crippen LogP contribution in [0.5, 0.6) is 0 Å². The fourth-order valence-corrected chi connectivity index (χ4v) is 3.87. The SMILES string of the molecule is O=C1NC(=O)N(c2ccccc2)C(=O)/C1=C\c1ccc2c(c1)-c1ccccc1C2. The van der Waals surface area contributed by atoms with Gasteiger partial charge in [0.05, 0.1) is 5.69 Å². The molecule has 1 saturated heterocycles. The van der Waals surface area contributed by atoms with Crippen LogP contribution in [0.2, 0.25) is 0 Å². The summed E-state index contributed by atoms with van der Waals surface area (Å²) in [4.78, 5) is 38.6. The van der Waals surface area contributed by atoms with Gasteiger partial charge < -0.3 is 0 Å². The molecule has 0 aromatic heterocycles. The molecule has 5 heteroatoms. The quantitative estimate of drug-likeness (QED) is 0.423. The number of carbonyl (C=O) groups excluding carboxylic acids is 3. The molecule has 0 saturated carbocycles. The third-order valence-corrected chi connectivity index (χ3v) is 5.25. The highest BCUT2D eigenvalue weighted by Gasteiger charge is 2.36. The second-order valence-electron chi connectivity index (χ2n) is 7.04. The van der Waals surface area contributed by atoms with Crippen molar-refractivity contribution in [1.82, 2.24) is 5.32 Å². The standard InChI is InChI=1S/C24H16N2O3/c27-22-21(23(28)26(24(29)25-22)18-7-2-1-3-8-18)13-15-10-11-17-14-16-6-4-5-9-19(16)20(17)12-15/h1-13H,14H2,(H,25,27,29)/b21-13-. The van der Waals surface area contributed by atoms with Gasteiger partial charge in [-0.2, -0.15) is 0 Å².